The summed E-state index contributed by atoms with van der Waals surface area (Å²) in [7, 11) is -2.15. The number of likely N-dealkylation sites (tertiary alicyclic amines) is 1. The Hall–Kier alpha value is -3.29. The van der Waals surface area contributed by atoms with E-state index in [-0.39, 0.29) is 31.9 Å². The van der Waals surface area contributed by atoms with Crippen LogP contribution in [0.15, 0.2) is 60.7 Å². The molecule has 0 radical (unpaired) electrons. The van der Waals surface area contributed by atoms with Crippen LogP contribution in [-0.4, -0.2) is 54.8 Å². The molecular formula is C28H36N2O7P+. The van der Waals surface area contributed by atoms with Crippen molar-refractivity contribution in [2.75, 3.05) is 25.9 Å². The lowest BCUT2D eigenvalue weighted by Gasteiger charge is -2.21. The van der Waals surface area contributed by atoms with Crippen molar-refractivity contribution in [3.8, 4) is 0 Å². The number of hydrogen-bond acceptors (Lipinski definition) is 7. The van der Waals surface area contributed by atoms with E-state index in [1.807, 2.05) is 60.7 Å². The molecule has 0 spiro atoms. The Morgan fingerprint density at radius 2 is 1.50 bits per heavy atom. The molecule has 0 aromatic heterocycles. The molecule has 1 aliphatic rings. The van der Waals surface area contributed by atoms with Gasteiger partial charge >= 0.3 is 20.1 Å². The van der Waals surface area contributed by atoms with Gasteiger partial charge in [-0.25, -0.2) is 9.59 Å². The number of carbonyl (C=O) groups excluding carboxylic acids is 3. The Balaban J connectivity index is 1.21. The van der Waals surface area contributed by atoms with Gasteiger partial charge in [0.15, 0.2) is 0 Å². The Labute approximate surface area is 224 Å². The second-order valence-corrected chi connectivity index (χ2v) is 10.3. The summed E-state index contributed by atoms with van der Waals surface area (Å²) in [6.45, 7) is 1.64. The second-order valence-electron chi connectivity index (χ2n) is 9.07. The van der Waals surface area contributed by atoms with Crippen LogP contribution in [-0.2, 0) is 41.4 Å². The summed E-state index contributed by atoms with van der Waals surface area (Å²) in [6, 6.07) is 18.2. The molecule has 9 nitrogen and oxygen atoms in total. The van der Waals surface area contributed by atoms with E-state index in [2.05, 4.69) is 5.32 Å². The van der Waals surface area contributed by atoms with Gasteiger partial charge in [0.2, 0.25) is 0 Å². The number of esters is 1. The molecule has 38 heavy (non-hydrogen) atoms. The van der Waals surface area contributed by atoms with Crippen molar-refractivity contribution in [3.63, 3.8) is 0 Å². The van der Waals surface area contributed by atoms with Crippen molar-refractivity contribution in [3.05, 3.63) is 71.8 Å². The predicted octanol–water partition coefficient (Wildman–Crippen LogP) is 4.97. The molecule has 0 saturated carbocycles. The minimum absolute atomic E-state index is 0.157. The lowest BCUT2D eigenvalue weighted by Crippen LogP contribution is -2.42. The number of unbranched alkanes of at least 4 members (excludes halogenated alkanes) is 3. The maximum Gasteiger partial charge on any atom is 0.518 e. The zero-order valence-corrected chi connectivity index (χ0v) is 22.5. The number of carbonyl (C=O) groups is 3. The summed E-state index contributed by atoms with van der Waals surface area (Å²) >= 11 is 0. The Morgan fingerprint density at radius 3 is 2.18 bits per heavy atom. The van der Waals surface area contributed by atoms with Crippen molar-refractivity contribution in [2.24, 2.45) is 0 Å². The predicted molar refractivity (Wildman–Crippen MR) is 142 cm³/mol. The highest BCUT2D eigenvalue weighted by molar-refractivity contribution is 7.40. The van der Waals surface area contributed by atoms with E-state index in [4.69, 9.17) is 14.0 Å². The van der Waals surface area contributed by atoms with Gasteiger partial charge in [0.25, 0.3) is 12.1 Å². The van der Waals surface area contributed by atoms with Gasteiger partial charge in [-0.3, -0.25) is 4.79 Å². The lowest BCUT2D eigenvalue weighted by atomic mass is 10.2. The highest BCUT2D eigenvalue weighted by atomic mass is 31.1. The third-order valence-corrected chi connectivity index (χ3v) is 7.12. The quantitative estimate of drug-likeness (QED) is 0.192. The number of ether oxygens (including phenoxy) is 2. The minimum Gasteiger partial charge on any atom is -0.459 e. The molecule has 1 fully saturated rings. The second kappa shape index (κ2) is 16.5. The van der Waals surface area contributed by atoms with E-state index in [0.717, 1.165) is 30.4 Å². The van der Waals surface area contributed by atoms with Crippen LogP contribution in [0, 0.1) is 0 Å². The molecule has 10 heteroatoms. The summed E-state index contributed by atoms with van der Waals surface area (Å²) in [5.41, 5.74) is 1.81. The molecule has 2 aromatic rings. The fourth-order valence-corrected chi connectivity index (χ4v) is 4.92. The average molecular weight is 544 g/mol. The molecule has 2 atom stereocenters. The summed E-state index contributed by atoms with van der Waals surface area (Å²) in [5, 5.41) is 2.72. The van der Waals surface area contributed by atoms with Crippen molar-refractivity contribution < 1.29 is 32.9 Å². The Kier molecular flexibility index (Phi) is 12.7. The number of nitrogens with zero attached hydrogens (tertiary/aromatic N) is 1. The zero-order valence-electron chi connectivity index (χ0n) is 21.6. The largest absolute Gasteiger partial charge is 0.518 e. The van der Waals surface area contributed by atoms with Gasteiger partial charge in [-0.05, 0) is 41.4 Å². The van der Waals surface area contributed by atoms with Crippen LogP contribution < -0.4 is 5.32 Å². The highest BCUT2D eigenvalue weighted by Gasteiger charge is 2.38. The van der Waals surface area contributed by atoms with Gasteiger partial charge < -0.3 is 19.7 Å². The third-order valence-electron chi connectivity index (χ3n) is 6.12. The lowest BCUT2D eigenvalue weighted by molar-refractivity contribution is -0.154. The van der Waals surface area contributed by atoms with E-state index >= 15 is 0 Å². The average Bonchev–Trinajstić information content (AvgIpc) is 3.44. The Morgan fingerprint density at radius 1 is 0.868 bits per heavy atom. The van der Waals surface area contributed by atoms with Gasteiger partial charge in [0, 0.05) is 13.1 Å². The molecule has 0 aliphatic carbocycles. The first-order valence-electron chi connectivity index (χ1n) is 13.0. The van der Waals surface area contributed by atoms with Gasteiger partial charge in [0.1, 0.15) is 25.9 Å². The monoisotopic (exact) mass is 543 g/mol. The summed E-state index contributed by atoms with van der Waals surface area (Å²) < 4.78 is 28.2. The normalized spacial score (nSPS) is 15.1. The van der Waals surface area contributed by atoms with E-state index < -0.39 is 26.1 Å². The van der Waals surface area contributed by atoms with Gasteiger partial charge in [0.05, 0.1) is 0 Å². The van der Waals surface area contributed by atoms with E-state index in [9.17, 15) is 18.9 Å². The van der Waals surface area contributed by atoms with Crippen LogP contribution in [0.4, 0.5) is 4.79 Å². The molecule has 1 N–H and O–H groups in total. The van der Waals surface area contributed by atoms with Crippen molar-refractivity contribution >= 4 is 26.0 Å². The van der Waals surface area contributed by atoms with Crippen molar-refractivity contribution in [1.82, 2.24) is 10.2 Å². The molecule has 0 bridgehead atoms. The molecule has 2 aromatic carbocycles. The highest BCUT2D eigenvalue weighted by Crippen LogP contribution is 2.26. The molecule has 1 saturated heterocycles. The van der Waals surface area contributed by atoms with Crippen LogP contribution in [0.1, 0.15) is 49.7 Å². The minimum atomic E-state index is -2.15. The van der Waals surface area contributed by atoms with Crippen molar-refractivity contribution in [1.29, 1.82) is 0 Å². The molecular weight excluding hydrogens is 507 g/mol. The fraction of sp³-hybridized carbons (Fsp3) is 0.464. The van der Waals surface area contributed by atoms with Crippen LogP contribution in [0.5, 0.6) is 0 Å². The van der Waals surface area contributed by atoms with Crippen LogP contribution in [0.25, 0.3) is 0 Å². The molecule has 1 unspecified atom stereocenters. The molecule has 204 valence electrons. The molecule has 1 heterocycles. The topological polar surface area (TPSA) is 111 Å². The van der Waals surface area contributed by atoms with Crippen molar-refractivity contribution in [2.45, 2.75) is 57.8 Å². The number of alkyl carbamates (subject to hydrolysis) is 1. The maximum absolute atomic E-state index is 12.6. The van der Waals surface area contributed by atoms with Crippen LogP contribution in [0.2, 0.25) is 0 Å². The first-order valence-corrected chi connectivity index (χ1v) is 14.4. The van der Waals surface area contributed by atoms with E-state index in [0.29, 0.717) is 32.4 Å². The van der Waals surface area contributed by atoms with E-state index in [1.54, 1.807) is 0 Å². The summed E-state index contributed by atoms with van der Waals surface area (Å²) in [4.78, 5) is 38.3. The Bertz CT molecular complexity index is 1040. The number of benzene rings is 2. The van der Waals surface area contributed by atoms with Crippen LogP contribution >= 0.6 is 8.03 Å². The maximum atomic E-state index is 12.6. The number of nitrogens with one attached hydrogen (secondary N) is 1. The standard InChI is InChI=1S/C28H35N2O7P/c31-26(30-18-11-16-25(30)27(32)35-20-23-12-5-3-6-13-23)22-38(34)37-19-10-2-1-9-17-29-28(33)36-21-24-14-7-4-8-15-24/h3-8,12-15,25H,1-2,9-11,16-22H2/p+1/t25-/m0/s1. The summed E-state index contributed by atoms with van der Waals surface area (Å²) in [6.07, 6.45) is 3.77. The van der Waals surface area contributed by atoms with Gasteiger partial charge in [-0.1, -0.05) is 73.5 Å². The number of amides is 2. The van der Waals surface area contributed by atoms with Gasteiger partial charge in [-0.15, -0.1) is 4.52 Å². The van der Waals surface area contributed by atoms with E-state index in [1.165, 1.54) is 4.90 Å². The van der Waals surface area contributed by atoms with Gasteiger partial charge in [-0.2, -0.15) is 0 Å². The molecule has 3 rings (SSSR count). The SMILES string of the molecule is O=C(NCCCCCCO[P+](=O)CC(=O)N1CCC[C@H]1C(=O)OCc1ccccc1)OCc1ccccc1. The number of hydrogen-bond donors (Lipinski definition) is 1. The summed E-state index contributed by atoms with van der Waals surface area (Å²) in [5.74, 6) is -0.787. The van der Waals surface area contributed by atoms with Crippen LogP contribution in [0.3, 0.4) is 0 Å². The number of rotatable bonds is 15. The molecule has 2 amide bonds. The fourth-order valence-electron chi connectivity index (χ4n) is 4.09. The first-order chi connectivity index (χ1) is 18.5. The zero-order chi connectivity index (χ0) is 27.0. The third kappa shape index (κ3) is 10.6. The smallest absolute Gasteiger partial charge is 0.459 e. The molecule has 1 aliphatic heterocycles. The first kappa shape index (κ1) is 29.3.